The Morgan fingerprint density at radius 2 is 1.39 bits per heavy atom. The molecule has 3 heteroatoms. The highest BCUT2D eigenvalue weighted by molar-refractivity contribution is 6.01. The minimum absolute atomic E-state index is 0.200. The normalized spacial score (nSPS) is 10.9. The van der Waals surface area contributed by atoms with Crippen LogP contribution < -0.4 is 10.6 Å². The fourth-order valence-electron chi connectivity index (χ4n) is 2.68. The highest BCUT2D eigenvalue weighted by atomic mass is 16.2. The third-order valence-corrected chi connectivity index (χ3v) is 4.00. The van der Waals surface area contributed by atoms with Crippen molar-refractivity contribution in [2.24, 2.45) is 0 Å². The summed E-state index contributed by atoms with van der Waals surface area (Å²) in [6, 6.07) is 13.8. The zero-order valence-corrected chi connectivity index (χ0v) is 14.6. The van der Waals surface area contributed by atoms with E-state index in [1.807, 2.05) is 31.2 Å². The molecule has 23 heavy (non-hydrogen) atoms. The van der Waals surface area contributed by atoms with Gasteiger partial charge in [0.15, 0.2) is 0 Å². The summed E-state index contributed by atoms with van der Waals surface area (Å²) in [5.41, 5.74) is 5.14. The lowest BCUT2D eigenvalue weighted by molar-refractivity contribution is 0.262. The number of carbonyl (C=O) groups excluding carboxylic acids is 1. The van der Waals surface area contributed by atoms with Crippen molar-refractivity contribution in [3.63, 3.8) is 0 Å². The lowest BCUT2D eigenvalue weighted by atomic mass is 9.93. The average Bonchev–Trinajstić information content (AvgIpc) is 2.49. The third-order valence-electron chi connectivity index (χ3n) is 4.00. The van der Waals surface area contributed by atoms with Crippen molar-refractivity contribution in [2.75, 3.05) is 10.6 Å². The van der Waals surface area contributed by atoms with Crippen molar-refractivity contribution in [1.29, 1.82) is 0 Å². The van der Waals surface area contributed by atoms with Crippen LogP contribution in [0.2, 0.25) is 0 Å². The Labute approximate surface area is 139 Å². The van der Waals surface area contributed by atoms with E-state index in [1.165, 1.54) is 0 Å². The van der Waals surface area contributed by atoms with Gasteiger partial charge in [-0.25, -0.2) is 4.79 Å². The summed E-state index contributed by atoms with van der Waals surface area (Å²) in [4.78, 5) is 12.5. The first-order chi connectivity index (χ1) is 10.9. The third kappa shape index (κ3) is 4.13. The molecule has 0 saturated heterocycles. The minimum atomic E-state index is -0.200. The van der Waals surface area contributed by atoms with Crippen molar-refractivity contribution in [3.05, 3.63) is 59.2 Å². The molecular weight excluding hydrogens is 284 g/mol. The quantitative estimate of drug-likeness (QED) is 0.726. The van der Waals surface area contributed by atoms with Gasteiger partial charge in [0.2, 0.25) is 0 Å². The second kappa shape index (κ2) is 7.32. The standard InChI is InChI=1S/C20H26N2O/c1-13(2)16-10-8-11-17(14(3)4)19(16)22-20(23)21-18-12-7-6-9-15(18)5/h6-14H,1-5H3,(H2,21,22,23). The zero-order valence-electron chi connectivity index (χ0n) is 14.6. The van der Waals surface area contributed by atoms with Crippen LogP contribution in [0.1, 0.15) is 56.2 Å². The highest BCUT2D eigenvalue weighted by Crippen LogP contribution is 2.32. The SMILES string of the molecule is Cc1ccccc1NC(=O)Nc1c(C(C)C)cccc1C(C)C. The molecule has 2 rings (SSSR count). The number of amides is 2. The molecule has 0 unspecified atom stereocenters. The van der Waals surface area contributed by atoms with Crippen LogP contribution in [0.4, 0.5) is 16.2 Å². The fraction of sp³-hybridized carbons (Fsp3) is 0.350. The van der Waals surface area contributed by atoms with Gasteiger partial charge in [0.1, 0.15) is 0 Å². The molecule has 122 valence electrons. The molecule has 0 aromatic heterocycles. The van der Waals surface area contributed by atoms with Gasteiger partial charge in [-0.05, 0) is 41.5 Å². The van der Waals surface area contributed by atoms with E-state index < -0.39 is 0 Å². The first-order valence-electron chi connectivity index (χ1n) is 8.16. The number of urea groups is 1. The molecule has 2 aromatic rings. The fourth-order valence-corrected chi connectivity index (χ4v) is 2.68. The molecule has 2 amide bonds. The molecular formula is C20H26N2O. The summed E-state index contributed by atoms with van der Waals surface area (Å²) >= 11 is 0. The van der Waals surface area contributed by atoms with E-state index in [4.69, 9.17) is 0 Å². The van der Waals surface area contributed by atoms with Gasteiger partial charge in [-0.3, -0.25) is 0 Å². The van der Waals surface area contributed by atoms with E-state index in [0.717, 1.165) is 28.1 Å². The van der Waals surface area contributed by atoms with E-state index in [2.05, 4.69) is 56.5 Å². The van der Waals surface area contributed by atoms with E-state index in [0.29, 0.717) is 11.8 Å². The van der Waals surface area contributed by atoms with E-state index in [1.54, 1.807) is 0 Å². The van der Waals surface area contributed by atoms with Gasteiger partial charge >= 0.3 is 6.03 Å². The number of aryl methyl sites for hydroxylation is 1. The molecule has 0 heterocycles. The Kier molecular flexibility index (Phi) is 5.43. The summed E-state index contributed by atoms with van der Waals surface area (Å²) in [6.45, 7) is 10.6. The van der Waals surface area contributed by atoms with Gasteiger partial charge < -0.3 is 10.6 Å². The maximum Gasteiger partial charge on any atom is 0.323 e. The number of anilines is 2. The molecule has 0 atom stereocenters. The highest BCUT2D eigenvalue weighted by Gasteiger charge is 2.16. The number of rotatable bonds is 4. The Hall–Kier alpha value is -2.29. The Bertz CT molecular complexity index is 664. The molecule has 3 nitrogen and oxygen atoms in total. The van der Waals surface area contributed by atoms with Gasteiger partial charge in [-0.15, -0.1) is 0 Å². The van der Waals surface area contributed by atoms with Gasteiger partial charge in [0, 0.05) is 11.4 Å². The van der Waals surface area contributed by atoms with E-state index in [9.17, 15) is 4.79 Å². The van der Waals surface area contributed by atoms with Crippen LogP contribution in [0, 0.1) is 6.92 Å². The zero-order chi connectivity index (χ0) is 17.0. The number of hydrogen-bond donors (Lipinski definition) is 2. The van der Waals surface area contributed by atoms with Crippen molar-refractivity contribution < 1.29 is 4.79 Å². The van der Waals surface area contributed by atoms with E-state index in [-0.39, 0.29) is 6.03 Å². The van der Waals surface area contributed by atoms with Gasteiger partial charge in [0.05, 0.1) is 0 Å². The van der Waals surface area contributed by atoms with Crippen molar-refractivity contribution in [3.8, 4) is 0 Å². The van der Waals surface area contributed by atoms with Crippen LogP contribution in [-0.4, -0.2) is 6.03 Å². The summed E-state index contributed by atoms with van der Waals surface area (Å²) < 4.78 is 0. The number of para-hydroxylation sites is 2. The molecule has 0 fully saturated rings. The Morgan fingerprint density at radius 1 is 0.826 bits per heavy atom. The molecule has 2 N–H and O–H groups in total. The number of nitrogens with one attached hydrogen (secondary N) is 2. The molecule has 0 spiro atoms. The number of hydrogen-bond acceptors (Lipinski definition) is 1. The summed E-state index contributed by atoms with van der Waals surface area (Å²) in [7, 11) is 0. The molecule has 0 aliphatic carbocycles. The largest absolute Gasteiger partial charge is 0.323 e. The average molecular weight is 310 g/mol. The smallest absolute Gasteiger partial charge is 0.307 e. The molecule has 0 saturated carbocycles. The van der Waals surface area contributed by atoms with Crippen molar-refractivity contribution in [1.82, 2.24) is 0 Å². The van der Waals surface area contributed by atoms with Crippen LogP contribution in [0.3, 0.4) is 0 Å². The maximum absolute atomic E-state index is 12.5. The van der Waals surface area contributed by atoms with Crippen LogP contribution >= 0.6 is 0 Å². The van der Waals surface area contributed by atoms with Crippen LogP contribution in [0.5, 0.6) is 0 Å². The van der Waals surface area contributed by atoms with Gasteiger partial charge in [-0.1, -0.05) is 64.1 Å². The summed E-state index contributed by atoms with van der Waals surface area (Å²) in [5.74, 6) is 0.699. The first kappa shape index (κ1) is 17.1. The van der Waals surface area contributed by atoms with Gasteiger partial charge in [0.25, 0.3) is 0 Å². The molecule has 0 bridgehead atoms. The molecule has 0 radical (unpaired) electrons. The number of carbonyl (C=O) groups is 1. The topological polar surface area (TPSA) is 41.1 Å². The molecule has 0 aliphatic heterocycles. The maximum atomic E-state index is 12.5. The lowest BCUT2D eigenvalue weighted by Crippen LogP contribution is -2.22. The van der Waals surface area contributed by atoms with Crippen molar-refractivity contribution in [2.45, 2.75) is 46.5 Å². The Morgan fingerprint density at radius 3 is 1.91 bits per heavy atom. The molecule has 2 aromatic carbocycles. The van der Waals surface area contributed by atoms with Crippen molar-refractivity contribution >= 4 is 17.4 Å². The first-order valence-corrected chi connectivity index (χ1v) is 8.16. The minimum Gasteiger partial charge on any atom is -0.307 e. The van der Waals surface area contributed by atoms with Gasteiger partial charge in [-0.2, -0.15) is 0 Å². The second-order valence-electron chi connectivity index (χ2n) is 6.51. The van der Waals surface area contributed by atoms with Crippen LogP contribution in [0.15, 0.2) is 42.5 Å². The predicted molar refractivity (Wildman–Crippen MR) is 98.4 cm³/mol. The lowest BCUT2D eigenvalue weighted by Gasteiger charge is -2.20. The Balaban J connectivity index is 2.28. The second-order valence-corrected chi connectivity index (χ2v) is 6.51. The summed E-state index contributed by atoms with van der Waals surface area (Å²) in [5, 5.41) is 6.01. The monoisotopic (exact) mass is 310 g/mol. The van der Waals surface area contributed by atoms with E-state index >= 15 is 0 Å². The summed E-state index contributed by atoms with van der Waals surface area (Å²) in [6.07, 6.45) is 0. The van der Waals surface area contributed by atoms with Crippen LogP contribution in [0.25, 0.3) is 0 Å². The van der Waals surface area contributed by atoms with Crippen LogP contribution in [-0.2, 0) is 0 Å². The molecule has 0 aliphatic rings. The predicted octanol–water partition coefficient (Wildman–Crippen LogP) is 5.89. The number of benzene rings is 2.